The van der Waals surface area contributed by atoms with Crippen LogP contribution in [0, 0.1) is 0 Å². The van der Waals surface area contributed by atoms with Crippen molar-refractivity contribution in [3.63, 3.8) is 0 Å². The highest BCUT2D eigenvalue weighted by molar-refractivity contribution is 6.29. The Balaban J connectivity index is 3.57. The van der Waals surface area contributed by atoms with Gasteiger partial charge in [0.05, 0.1) is 6.42 Å². The van der Waals surface area contributed by atoms with Gasteiger partial charge >= 0.3 is 0 Å². The maximum Gasteiger partial charge on any atom is 0.202 e. The van der Waals surface area contributed by atoms with Gasteiger partial charge in [-0.1, -0.05) is 31.2 Å². The number of hydrogen-bond acceptors (Lipinski definition) is 3. The molecule has 0 spiro atoms. The average molecular weight is 222 g/mol. The van der Waals surface area contributed by atoms with Gasteiger partial charge in [0.2, 0.25) is 5.78 Å². The quantitative estimate of drug-likeness (QED) is 0.260. The zero-order valence-electron chi connectivity index (χ0n) is 9.65. The molecule has 0 amide bonds. The minimum atomic E-state index is -0.639. The molecule has 0 aliphatic carbocycles. The van der Waals surface area contributed by atoms with Gasteiger partial charge in [-0.25, -0.2) is 0 Å². The summed E-state index contributed by atoms with van der Waals surface area (Å²) < 4.78 is 0. The van der Waals surface area contributed by atoms with E-state index in [1.165, 1.54) is 0 Å². The minimum absolute atomic E-state index is 0.175. The summed E-state index contributed by atoms with van der Waals surface area (Å²) in [5, 5.41) is 0. The normalized spacial score (nSPS) is 11.1. The highest BCUT2D eigenvalue weighted by atomic mass is 16.2. The lowest BCUT2D eigenvalue weighted by atomic mass is 10.1. The largest absolute Gasteiger partial charge is 0.299 e. The molecule has 16 heavy (non-hydrogen) atoms. The summed E-state index contributed by atoms with van der Waals surface area (Å²) in [4.78, 5) is 31.7. The molecule has 0 fully saturated rings. The summed E-state index contributed by atoms with van der Waals surface area (Å²) in [6.45, 7) is 2.07. The van der Waals surface area contributed by atoms with Gasteiger partial charge in [0.15, 0.2) is 6.29 Å². The fourth-order valence-corrected chi connectivity index (χ4v) is 1.12. The maximum absolute atomic E-state index is 11.1. The third-order valence-electron chi connectivity index (χ3n) is 1.93. The van der Waals surface area contributed by atoms with E-state index in [0.29, 0.717) is 12.8 Å². The molecule has 0 atom stereocenters. The highest BCUT2D eigenvalue weighted by Gasteiger charge is 2.06. The lowest BCUT2D eigenvalue weighted by molar-refractivity contribution is -0.133. The van der Waals surface area contributed by atoms with E-state index in [1.54, 1.807) is 0 Å². The van der Waals surface area contributed by atoms with Crippen LogP contribution in [0.2, 0.25) is 0 Å². The van der Waals surface area contributed by atoms with Gasteiger partial charge in [0.1, 0.15) is 5.78 Å². The summed E-state index contributed by atoms with van der Waals surface area (Å²) in [6.07, 6.45) is 10.8. The molecule has 0 aliphatic rings. The summed E-state index contributed by atoms with van der Waals surface area (Å²) in [7, 11) is 0. The van der Waals surface area contributed by atoms with Gasteiger partial charge in [-0.15, -0.1) is 0 Å². The highest BCUT2D eigenvalue weighted by Crippen LogP contribution is 1.98. The molecule has 0 saturated carbocycles. The molecule has 0 N–H and O–H groups in total. The van der Waals surface area contributed by atoms with Crippen molar-refractivity contribution in [3.05, 3.63) is 24.3 Å². The fourth-order valence-electron chi connectivity index (χ4n) is 1.12. The van der Waals surface area contributed by atoms with Gasteiger partial charge in [-0.2, -0.15) is 0 Å². The summed E-state index contributed by atoms with van der Waals surface area (Å²) in [5.74, 6) is -0.814. The number of Topliss-reactive ketones (excluding diaryl/α,β-unsaturated/α-hetero) is 2. The molecule has 0 unspecified atom stereocenters. The molecule has 0 heterocycles. The maximum atomic E-state index is 11.1. The van der Waals surface area contributed by atoms with Crippen LogP contribution in [0.15, 0.2) is 24.3 Å². The molecule has 0 aromatic rings. The lowest BCUT2D eigenvalue weighted by Gasteiger charge is -1.93. The van der Waals surface area contributed by atoms with E-state index < -0.39 is 5.78 Å². The zero-order valence-corrected chi connectivity index (χ0v) is 9.65. The van der Waals surface area contributed by atoms with Gasteiger partial charge in [-0.3, -0.25) is 14.4 Å². The van der Waals surface area contributed by atoms with Crippen molar-refractivity contribution in [2.45, 2.75) is 39.0 Å². The van der Waals surface area contributed by atoms with Crippen LogP contribution in [0.3, 0.4) is 0 Å². The Kier molecular flexibility index (Phi) is 9.08. The van der Waals surface area contributed by atoms with Crippen LogP contribution in [0.1, 0.15) is 39.0 Å². The van der Waals surface area contributed by atoms with E-state index in [4.69, 9.17) is 0 Å². The number of rotatable bonds is 9. The number of ketones is 2. The molecule has 0 aliphatic heterocycles. The van der Waals surface area contributed by atoms with E-state index >= 15 is 0 Å². The zero-order chi connectivity index (χ0) is 12.2. The van der Waals surface area contributed by atoms with Crippen molar-refractivity contribution in [1.29, 1.82) is 0 Å². The van der Waals surface area contributed by atoms with Gasteiger partial charge in [0.25, 0.3) is 0 Å². The monoisotopic (exact) mass is 222 g/mol. The van der Waals surface area contributed by atoms with Crippen molar-refractivity contribution in [2.75, 3.05) is 0 Å². The molecule has 0 aromatic carbocycles. The Labute approximate surface area is 96.2 Å². The summed E-state index contributed by atoms with van der Waals surface area (Å²) >= 11 is 0. The molecule has 88 valence electrons. The standard InChI is InChI=1S/C13H18O3/c1-2-3-4-5-6-7-8-9-12(15)10-13(16)11-14/h3-4,6-7,11H,2,5,8-10H2,1H3. The van der Waals surface area contributed by atoms with Crippen molar-refractivity contribution in [1.82, 2.24) is 0 Å². The molecule has 0 aromatic heterocycles. The van der Waals surface area contributed by atoms with Crippen LogP contribution in [0.4, 0.5) is 0 Å². The van der Waals surface area contributed by atoms with Crippen LogP contribution < -0.4 is 0 Å². The minimum Gasteiger partial charge on any atom is -0.299 e. The summed E-state index contributed by atoms with van der Waals surface area (Å²) in [6, 6.07) is 0. The molecule has 3 heteroatoms. The molecule has 3 nitrogen and oxygen atoms in total. The molecular weight excluding hydrogens is 204 g/mol. The van der Waals surface area contributed by atoms with Crippen LogP contribution in [-0.2, 0) is 14.4 Å². The number of carbonyl (C=O) groups is 3. The van der Waals surface area contributed by atoms with Crippen molar-refractivity contribution >= 4 is 17.9 Å². The SMILES string of the molecule is CCC=CCC=CCCC(=O)CC(=O)C=O. The average Bonchev–Trinajstić information content (AvgIpc) is 2.27. The predicted molar refractivity (Wildman–Crippen MR) is 63.1 cm³/mol. The molecular formula is C13H18O3. The van der Waals surface area contributed by atoms with Crippen LogP contribution in [-0.4, -0.2) is 17.9 Å². The van der Waals surface area contributed by atoms with Crippen LogP contribution in [0.5, 0.6) is 0 Å². The Hall–Kier alpha value is -1.51. The number of allylic oxidation sites excluding steroid dienone is 4. The molecule has 0 rings (SSSR count). The second-order valence-electron chi connectivity index (χ2n) is 3.43. The molecule has 0 saturated heterocycles. The smallest absolute Gasteiger partial charge is 0.202 e. The first kappa shape index (κ1) is 14.5. The third kappa shape index (κ3) is 9.06. The third-order valence-corrected chi connectivity index (χ3v) is 1.93. The van der Waals surface area contributed by atoms with Crippen molar-refractivity contribution in [3.8, 4) is 0 Å². The van der Waals surface area contributed by atoms with Crippen LogP contribution >= 0.6 is 0 Å². The van der Waals surface area contributed by atoms with E-state index in [9.17, 15) is 14.4 Å². The van der Waals surface area contributed by atoms with E-state index in [1.807, 2.05) is 12.2 Å². The second kappa shape index (κ2) is 10.0. The van der Waals surface area contributed by atoms with E-state index in [-0.39, 0.29) is 18.5 Å². The predicted octanol–water partition coefficient (Wildman–Crippen LogP) is 2.41. The van der Waals surface area contributed by atoms with Gasteiger partial charge < -0.3 is 0 Å². The topological polar surface area (TPSA) is 51.2 Å². The van der Waals surface area contributed by atoms with E-state index in [2.05, 4.69) is 19.1 Å². The molecule has 0 bridgehead atoms. The van der Waals surface area contributed by atoms with E-state index in [0.717, 1.165) is 12.8 Å². The Bertz CT molecular complexity index is 288. The first-order chi connectivity index (χ1) is 7.70. The first-order valence-corrected chi connectivity index (χ1v) is 5.50. The number of aldehydes is 1. The Morgan fingerprint density at radius 1 is 1.06 bits per heavy atom. The van der Waals surface area contributed by atoms with Crippen molar-refractivity contribution in [2.24, 2.45) is 0 Å². The number of carbonyl (C=O) groups excluding carboxylic acids is 3. The lowest BCUT2D eigenvalue weighted by Crippen LogP contribution is -2.07. The number of hydrogen-bond donors (Lipinski definition) is 0. The second-order valence-corrected chi connectivity index (χ2v) is 3.43. The van der Waals surface area contributed by atoms with Gasteiger partial charge in [-0.05, 0) is 19.3 Å². The summed E-state index contributed by atoms with van der Waals surface area (Å²) in [5.41, 5.74) is 0. The first-order valence-electron chi connectivity index (χ1n) is 5.50. The van der Waals surface area contributed by atoms with Crippen molar-refractivity contribution < 1.29 is 14.4 Å². The van der Waals surface area contributed by atoms with Gasteiger partial charge in [0, 0.05) is 6.42 Å². The molecule has 0 radical (unpaired) electrons. The fraction of sp³-hybridized carbons (Fsp3) is 0.462. The Morgan fingerprint density at radius 2 is 1.75 bits per heavy atom. The van der Waals surface area contributed by atoms with Crippen LogP contribution in [0.25, 0.3) is 0 Å². The Morgan fingerprint density at radius 3 is 2.38 bits per heavy atom.